The second-order valence-electron chi connectivity index (χ2n) is 6.76. The van der Waals surface area contributed by atoms with Gasteiger partial charge in [0.2, 0.25) is 0 Å². The Morgan fingerprint density at radius 1 is 0.812 bits per heavy atom. The van der Waals surface area contributed by atoms with Gasteiger partial charge in [0.15, 0.2) is 6.61 Å². The zero-order valence-electron chi connectivity index (χ0n) is 17.5. The molecular formula is C24H23BrN2O5. The van der Waals surface area contributed by atoms with Crippen LogP contribution < -0.4 is 25.1 Å². The SMILES string of the molecule is Cc1ccc(OCC(=O)NNC(=O)c2ccc(OCCOc3ccccc3)cc2)c(Br)c1. The molecule has 0 heterocycles. The van der Waals surface area contributed by atoms with Crippen LogP contribution in [0.25, 0.3) is 0 Å². The summed E-state index contributed by atoms with van der Waals surface area (Å²) in [6.07, 6.45) is 0. The molecule has 32 heavy (non-hydrogen) atoms. The third kappa shape index (κ3) is 7.31. The molecule has 0 spiro atoms. The minimum absolute atomic E-state index is 0.236. The van der Waals surface area contributed by atoms with Crippen LogP contribution in [0.3, 0.4) is 0 Å². The molecule has 2 amide bonds. The number of carbonyl (C=O) groups is 2. The highest BCUT2D eigenvalue weighted by molar-refractivity contribution is 9.10. The first-order valence-electron chi connectivity index (χ1n) is 9.90. The first-order valence-corrected chi connectivity index (χ1v) is 10.7. The molecule has 0 aliphatic heterocycles. The molecule has 0 saturated carbocycles. The average molecular weight is 499 g/mol. The van der Waals surface area contributed by atoms with Crippen molar-refractivity contribution in [2.75, 3.05) is 19.8 Å². The van der Waals surface area contributed by atoms with Crippen molar-refractivity contribution in [3.63, 3.8) is 0 Å². The Kier molecular flexibility index (Phi) is 8.51. The summed E-state index contributed by atoms with van der Waals surface area (Å²) in [5.74, 6) is 1.00. The van der Waals surface area contributed by atoms with Crippen molar-refractivity contribution in [1.29, 1.82) is 0 Å². The predicted molar refractivity (Wildman–Crippen MR) is 124 cm³/mol. The van der Waals surface area contributed by atoms with E-state index in [1.165, 1.54) is 0 Å². The van der Waals surface area contributed by atoms with Crippen LogP contribution in [0.2, 0.25) is 0 Å². The van der Waals surface area contributed by atoms with Gasteiger partial charge < -0.3 is 14.2 Å². The van der Waals surface area contributed by atoms with Crippen molar-refractivity contribution >= 4 is 27.7 Å². The summed E-state index contributed by atoms with van der Waals surface area (Å²) in [5.41, 5.74) is 6.13. The van der Waals surface area contributed by atoms with E-state index in [4.69, 9.17) is 14.2 Å². The quantitative estimate of drug-likeness (QED) is 0.343. The maximum absolute atomic E-state index is 12.2. The number of halogens is 1. The fourth-order valence-corrected chi connectivity index (χ4v) is 3.25. The van der Waals surface area contributed by atoms with E-state index in [1.807, 2.05) is 49.4 Å². The number of amides is 2. The Bertz CT molecular complexity index is 1040. The van der Waals surface area contributed by atoms with Gasteiger partial charge >= 0.3 is 0 Å². The van der Waals surface area contributed by atoms with Gasteiger partial charge in [-0.2, -0.15) is 0 Å². The molecule has 0 radical (unpaired) electrons. The van der Waals surface area contributed by atoms with Gasteiger partial charge in [0.1, 0.15) is 30.5 Å². The second-order valence-corrected chi connectivity index (χ2v) is 7.61. The van der Waals surface area contributed by atoms with Gasteiger partial charge in [0.05, 0.1) is 4.47 Å². The van der Waals surface area contributed by atoms with Gasteiger partial charge in [-0.25, -0.2) is 0 Å². The molecule has 0 bridgehead atoms. The van der Waals surface area contributed by atoms with Gasteiger partial charge in [-0.05, 0) is 76.9 Å². The molecule has 0 aliphatic rings. The number of hydrogen-bond donors (Lipinski definition) is 2. The van der Waals surface area contributed by atoms with Crippen LogP contribution in [0.15, 0.2) is 77.3 Å². The third-order valence-corrected chi connectivity index (χ3v) is 4.86. The van der Waals surface area contributed by atoms with Crippen LogP contribution in [-0.2, 0) is 4.79 Å². The molecule has 166 valence electrons. The lowest BCUT2D eigenvalue weighted by Crippen LogP contribution is -2.43. The molecular weight excluding hydrogens is 476 g/mol. The summed E-state index contributed by atoms with van der Waals surface area (Å²) in [6.45, 7) is 2.49. The first kappa shape index (κ1) is 23.1. The molecule has 8 heteroatoms. The Balaban J connectivity index is 1.37. The lowest BCUT2D eigenvalue weighted by atomic mass is 10.2. The number of aryl methyl sites for hydroxylation is 1. The van der Waals surface area contributed by atoms with E-state index in [-0.39, 0.29) is 6.61 Å². The molecule has 3 aromatic rings. The fourth-order valence-electron chi connectivity index (χ4n) is 2.64. The molecule has 7 nitrogen and oxygen atoms in total. The molecule has 2 N–H and O–H groups in total. The number of hydrazine groups is 1. The number of rotatable bonds is 9. The van der Waals surface area contributed by atoms with Crippen molar-refractivity contribution in [2.45, 2.75) is 6.92 Å². The number of nitrogens with one attached hydrogen (secondary N) is 2. The second kappa shape index (κ2) is 11.8. The number of carbonyl (C=O) groups excluding carboxylic acids is 2. The number of para-hydroxylation sites is 1. The minimum atomic E-state index is -0.482. The average Bonchev–Trinajstić information content (AvgIpc) is 2.81. The first-order chi connectivity index (χ1) is 15.5. The predicted octanol–water partition coefficient (Wildman–Crippen LogP) is 4.06. The topological polar surface area (TPSA) is 85.9 Å². The van der Waals surface area contributed by atoms with E-state index < -0.39 is 11.8 Å². The van der Waals surface area contributed by atoms with Gasteiger partial charge in [-0.15, -0.1) is 0 Å². The Morgan fingerprint density at radius 2 is 1.47 bits per heavy atom. The lowest BCUT2D eigenvalue weighted by Gasteiger charge is -2.11. The van der Waals surface area contributed by atoms with E-state index in [0.717, 1.165) is 15.8 Å². The normalized spacial score (nSPS) is 10.2. The van der Waals surface area contributed by atoms with Gasteiger partial charge in [-0.1, -0.05) is 24.3 Å². The van der Waals surface area contributed by atoms with E-state index in [0.29, 0.717) is 30.3 Å². The van der Waals surface area contributed by atoms with Crippen LogP contribution in [0, 0.1) is 6.92 Å². The van der Waals surface area contributed by atoms with E-state index in [1.54, 1.807) is 30.3 Å². The van der Waals surface area contributed by atoms with Crippen molar-refractivity contribution in [1.82, 2.24) is 10.9 Å². The molecule has 0 aromatic heterocycles. The number of ether oxygens (including phenoxy) is 3. The van der Waals surface area contributed by atoms with Gasteiger partial charge in [0, 0.05) is 5.56 Å². The highest BCUT2D eigenvalue weighted by Gasteiger charge is 2.09. The lowest BCUT2D eigenvalue weighted by molar-refractivity contribution is -0.123. The van der Waals surface area contributed by atoms with E-state index in [9.17, 15) is 9.59 Å². The summed E-state index contributed by atoms with van der Waals surface area (Å²) in [5, 5.41) is 0. The van der Waals surface area contributed by atoms with Crippen LogP contribution >= 0.6 is 15.9 Å². The van der Waals surface area contributed by atoms with Gasteiger partial charge in [-0.3, -0.25) is 20.4 Å². The van der Waals surface area contributed by atoms with Crippen LogP contribution in [0.5, 0.6) is 17.2 Å². The number of hydrogen-bond acceptors (Lipinski definition) is 5. The fraction of sp³-hybridized carbons (Fsp3) is 0.167. The molecule has 0 unspecified atom stereocenters. The smallest absolute Gasteiger partial charge is 0.276 e. The largest absolute Gasteiger partial charge is 0.490 e. The highest BCUT2D eigenvalue weighted by atomic mass is 79.9. The van der Waals surface area contributed by atoms with Crippen LogP contribution in [0.1, 0.15) is 15.9 Å². The Morgan fingerprint density at radius 3 is 2.12 bits per heavy atom. The summed E-state index contributed by atoms with van der Waals surface area (Å²) in [6, 6.07) is 21.6. The summed E-state index contributed by atoms with van der Waals surface area (Å²) in [7, 11) is 0. The minimum Gasteiger partial charge on any atom is -0.490 e. The highest BCUT2D eigenvalue weighted by Crippen LogP contribution is 2.25. The summed E-state index contributed by atoms with van der Waals surface area (Å²) >= 11 is 3.38. The molecule has 0 fully saturated rings. The zero-order chi connectivity index (χ0) is 22.8. The van der Waals surface area contributed by atoms with Crippen molar-refractivity contribution in [3.05, 3.63) is 88.4 Å². The standard InChI is InChI=1S/C24H23BrN2O5/c1-17-7-12-22(21(25)15-17)32-16-23(28)26-27-24(29)18-8-10-20(11-9-18)31-14-13-30-19-5-3-2-4-6-19/h2-12,15H,13-14,16H2,1H3,(H,26,28)(H,27,29). The molecule has 0 saturated heterocycles. The molecule has 3 rings (SSSR count). The van der Waals surface area contributed by atoms with Crippen molar-refractivity contribution < 1.29 is 23.8 Å². The maximum Gasteiger partial charge on any atom is 0.276 e. The number of benzene rings is 3. The Hall–Kier alpha value is -3.52. The third-order valence-electron chi connectivity index (χ3n) is 4.24. The van der Waals surface area contributed by atoms with Gasteiger partial charge in [0.25, 0.3) is 11.8 Å². The molecule has 3 aromatic carbocycles. The van der Waals surface area contributed by atoms with Crippen molar-refractivity contribution in [3.8, 4) is 17.2 Å². The summed E-state index contributed by atoms with van der Waals surface area (Å²) in [4.78, 5) is 24.1. The maximum atomic E-state index is 12.2. The molecule has 0 aliphatic carbocycles. The summed E-state index contributed by atoms with van der Waals surface area (Å²) < 4.78 is 17.4. The van der Waals surface area contributed by atoms with Crippen molar-refractivity contribution in [2.24, 2.45) is 0 Å². The van der Waals surface area contributed by atoms with E-state index in [2.05, 4.69) is 26.8 Å². The zero-order valence-corrected chi connectivity index (χ0v) is 19.1. The Labute approximate surface area is 194 Å². The monoisotopic (exact) mass is 498 g/mol. The molecule has 0 atom stereocenters. The van der Waals surface area contributed by atoms with E-state index >= 15 is 0 Å². The van der Waals surface area contributed by atoms with Crippen LogP contribution in [-0.4, -0.2) is 31.6 Å². The van der Waals surface area contributed by atoms with Crippen LogP contribution in [0.4, 0.5) is 0 Å².